The highest BCUT2D eigenvalue weighted by Crippen LogP contribution is 2.20. The molecule has 0 bridgehead atoms. The number of benzene rings is 3. The number of aromatic hydroxyl groups is 1. The molecule has 0 saturated carbocycles. The summed E-state index contributed by atoms with van der Waals surface area (Å²) >= 11 is 0. The molecule has 32 heavy (non-hydrogen) atoms. The molecule has 0 amide bonds. The van der Waals surface area contributed by atoms with Gasteiger partial charge >= 0.3 is 5.97 Å². The van der Waals surface area contributed by atoms with E-state index in [9.17, 15) is 20.1 Å². The van der Waals surface area contributed by atoms with Crippen LogP contribution in [-0.2, 0) is 17.8 Å². The molecule has 0 heterocycles. The third-order valence-corrected chi connectivity index (χ3v) is 5.43. The minimum Gasteiger partial charge on any atom is -0.508 e. The average Bonchev–Trinajstić information content (AvgIpc) is 2.79. The van der Waals surface area contributed by atoms with Gasteiger partial charge in [-0.2, -0.15) is 0 Å². The fourth-order valence-corrected chi connectivity index (χ4v) is 3.59. The van der Waals surface area contributed by atoms with Gasteiger partial charge in [0.05, 0.1) is 6.10 Å². The van der Waals surface area contributed by atoms with Crippen LogP contribution in [0, 0.1) is 0 Å². The Balaban J connectivity index is 1.54. The van der Waals surface area contributed by atoms with Crippen molar-refractivity contribution in [1.29, 1.82) is 0 Å². The van der Waals surface area contributed by atoms with E-state index in [0.717, 1.165) is 28.8 Å². The summed E-state index contributed by atoms with van der Waals surface area (Å²) in [7, 11) is 0. The van der Waals surface area contributed by atoms with Gasteiger partial charge in [0, 0.05) is 18.3 Å². The van der Waals surface area contributed by atoms with Crippen molar-refractivity contribution in [3.05, 3.63) is 95.6 Å². The SMILES string of the molecule is C[C@H](NCCc1ccc(N(CC(=O)O)Cc2ccccc2)cc1)[C@H](O)c1ccc(O)cc1. The number of nitrogens with zero attached hydrogens (tertiary/aromatic N) is 1. The van der Waals surface area contributed by atoms with Gasteiger partial charge in [0.15, 0.2) is 0 Å². The number of carboxylic acid groups (broad SMARTS) is 1. The lowest BCUT2D eigenvalue weighted by atomic mass is 10.0. The molecule has 3 rings (SSSR count). The predicted molar refractivity (Wildman–Crippen MR) is 126 cm³/mol. The second-order valence-electron chi connectivity index (χ2n) is 7.93. The quantitative estimate of drug-likeness (QED) is 0.367. The van der Waals surface area contributed by atoms with Gasteiger partial charge in [-0.25, -0.2) is 0 Å². The normalized spacial score (nSPS) is 12.8. The molecule has 6 nitrogen and oxygen atoms in total. The number of hydrogen-bond acceptors (Lipinski definition) is 5. The summed E-state index contributed by atoms with van der Waals surface area (Å²) in [5.41, 5.74) is 3.80. The molecule has 0 aliphatic rings. The van der Waals surface area contributed by atoms with Crippen molar-refractivity contribution in [2.75, 3.05) is 18.0 Å². The fourth-order valence-electron chi connectivity index (χ4n) is 3.59. The minimum absolute atomic E-state index is 0.0670. The monoisotopic (exact) mass is 434 g/mol. The number of nitrogens with one attached hydrogen (secondary N) is 1. The second kappa shape index (κ2) is 11.3. The Hall–Kier alpha value is -3.35. The molecule has 0 unspecified atom stereocenters. The van der Waals surface area contributed by atoms with E-state index in [1.165, 1.54) is 0 Å². The summed E-state index contributed by atoms with van der Waals surface area (Å²) < 4.78 is 0. The smallest absolute Gasteiger partial charge is 0.323 e. The molecule has 0 saturated heterocycles. The Morgan fingerprint density at radius 2 is 1.59 bits per heavy atom. The molecular formula is C26H30N2O4. The first-order valence-electron chi connectivity index (χ1n) is 10.7. The van der Waals surface area contributed by atoms with Crippen LogP contribution >= 0.6 is 0 Å². The lowest BCUT2D eigenvalue weighted by molar-refractivity contribution is -0.135. The van der Waals surface area contributed by atoms with Gasteiger partial charge in [-0.15, -0.1) is 0 Å². The van der Waals surface area contributed by atoms with Crippen LogP contribution in [0.1, 0.15) is 29.7 Å². The van der Waals surface area contributed by atoms with Gasteiger partial charge in [-0.1, -0.05) is 54.6 Å². The van der Waals surface area contributed by atoms with Crippen molar-refractivity contribution in [1.82, 2.24) is 5.32 Å². The Bertz CT molecular complexity index is 975. The first-order valence-corrected chi connectivity index (χ1v) is 10.7. The Morgan fingerprint density at radius 1 is 0.938 bits per heavy atom. The summed E-state index contributed by atoms with van der Waals surface area (Å²) in [6.07, 6.45) is 0.116. The molecule has 0 spiro atoms. The van der Waals surface area contributed by atoms with Gasteiger partial charge in [0.2, 0.25) is 0 Å². The summed E-state index contributed by atoms with van der Waals surface area (Å²) in [4.78, 5) is 13.2. The van der Waals surface area contributed by atoms with Gasteiger partial charge in [-0.3, -0.25) is 4.79 Å². The van der Waals surface area contributed by atoms with E-state index in [4.69, 9.17) is 0 Å². The lowest BCUT2D eigenvalue weighted by Crippen LogP contribution is -2.33. The standard InChI is InChI=1S/C26H30N2O4/c1-19(26(32)22-9-13-24(29)14-10-22)27-16-15-20-7-11-23(12-8-20)28(18-25(30)31)17-21-5-3-2-4-6-21/h2-14,19,26-27,29,32H,15-18H2,1H3,(H,30,31)/t19-,26-/m0/s1. The molecule has 0 aliphatic heterocycles. The highest BCUT2D eigenvalue weighted by molar-refractivity contribution is 5.73. The molecule has 0 radical (unpaired) electrons. The number of rotatable bonds is 11. The summed E-state index contributed by atoms with van der Waals surface area (Å²) in [5.74, 6) is -0.689. The Kier molecular flexibility index (Phi) is 8.25. The number of anilines is 1. The zero-order chi connectivity index (χ0) is 22.9. The van der Waals surface area contributed by atoms with Gasteiger partial charge in [0.25, 0.3) is 0 Å². The molecule has 0 aliphatic carbocycles. The molecule has 0 aromatic heterocycles. The number of aliphatic hydroxyl groups excluding tert-OH is 1. The number of carbonyl (C=O) groups is 1. The number of phenols is 1. The molecule has 3 aromatic carbocycles. The summed E-state index contributed by atoms with van der Waals surface area (Å²) in [6.45, 7) is 3.08. The third kappa shape index (κ3) is 6.83. The molecule has 3 aromatic rings. The lowest BCUT2D eigenvalue weighted by Gasteiger charge is -2.23. The number of hydrogen-bond donors (Lipinski definition) is 4. The first-order chi connectivity index (χ1) is 15.4. The second-order valence-corrected chi connectivity index (χ2v) is 7.93. The van der Waals surface area contributed by atoms with Crippen molar-refractivity contribution in [2.24, 2.45) is 0 Å². The molecule has 2 atom stereocenters. The summed E-state index contributed by atoms with van der Waals surface area (Å²) in [5, 5.41) is 32.5. The van der Waals surface area contributed by atoms with Crippen LogP contribution in [0.15, 0.2) is 78.9 Å². The first kappa shape index (κ1) is 23.3. The van der Waals surface area contributed by atoms with Gasteiger partial charge in [0.1, 0.15) is 12.3 Å². The van der Waals surface area contributed by atoms with E-state index in [2.05, 4.69) is 5.32 Å². The Morgan fingerprint density at radius 3 is 2.22 bits per heavy atom. The molecule has 4 N–H and O–H groups in total. The zero-order valence-electron chi connectivity index (χ0n) is 18.2. The van der Waals surface area contributed by atoms with E-state index in [-0.39, 0.29) is 18.3 Å². The summed E-state index contributed by atoms with van der Waals surface area (Å²) in [6, 6.07) is 24.2. The maximum atomic E-state index is 11.3. The fraction of sp³-hybridized carbons (Fsp3) is 0.269. The van der Waals surface area contributed by atoms with Crippen LogP contribution in [0.25, 0.3) is 0 Å². The number of phenolic OH excluding ortho intramolecular Hbond substituents is 1. The van der Waals surface area contributed by atoms with Crippen molar-refractivity contribution in [3.63, 3.8) is 0 Å². The predicted octanol–water partition coefficient (Wildman–Crippen LogP) is 3.74. The number of aliphatic carboxylic acids is 1. The van der Waals surface area contributed by atoms with E-state index in [1.807, 2.05) is 66.4 Å². The van der Waals surface area contributed by atoms with Crippen LogP contribution in [-0.4, -0.2) is 40.4 Å². The number of carboxylic acids is 1. The van der Waals surface area contributed by atoms with Crippen LogP contribution in [0.3, 0.4) is 0 Å². The largest absolute Gasteiger partial charge is 0.508 e. The minimum atomic E-state index is -0.865. The van der Waals surface area contributed by atoms with E-state index in [0.29, 0.717) is 13.1 Å². The van der Waals surface area contributed by atoms with Gasteiger partial charge in [-0.05, 0) is 60.8 Å². The van der Waals surface area contributed by atoms with Crippen LogP contribution in [0.4, 0.5) is 5.69 Å². The van der Waals surface area contributed by atoms with E-state index >= 15 is 0 Å². The van der Waals surface area contributed by atoms with Crippen LogP contribution in [0.2, 0.25) is 0 Å². The number of aliphatic hydroxyl groups is 1. The molecule has 6 heteroatoms. The van der Waals surface area contributed by atoms with Crippen molar-refractivity contribution in [3.8, 4) is 5.75 Å². The topological polar surface area (TPSA) is 93.0 Å². The molecule has 168 valence electrons. The highest BCUT2D eigenvalue weighted by Gasteiger charge is 2.16. The maximum absolute atomic E-state index is 11.3. The van der Waals surface area contributed by atoms with E-state index < -0.39 is 12.1 Å². The van der Waals surface area contributed by atoms with Crippen molar-refractivity contribution < 1.29 is 20.1 Å². The van der Waals surface area contributed by atoms with Crippen LogP contribution in [0.5, 0.6) is 5.75 Å². The highest BCUT2D eigenvalue weighted by atomic mass is 16.4. The van der Waals surface area contributed by atoms with Crippen molar-refractivity contribution >= 4 is 11.7 Å². The molecular weight excluding hydrogens is 404 g/mol. The van der Waals surface area contributed by atoms with E-state index in [1.54, 1.807) is 24.3 Å². The Labute approximate surface area is 188 Å². The zero-order valence-corrected chi connectivity index (χ0v) is 18.2. The van der Waals surface area contributed by atoms with Crippen LogP contribution < -0.4 is 10.2 Å². The van der Waals surface area contributed by atoms with Gasteiger partial charge < -0.3 is 25.5 Å². The third-order valence-electron chi connectivity index (χ3n) is 5.43. The molecule has 0 fully saturated rings. The average molecular weight is 435 g/mol. The van der Waals surface area contributed by atoms with Crippen molar-refractivity contribution in [2.45, 2.75) is 32.0 Å². The maximum Gasteiger partial charge on any atom is 0.323 e.